The summed E-state index contributed by atoms with van der Waals surface area (Å²) in [6.07, 6.45) is 1.56. The lowest BCUT2D eigenvalue weighted by Gasteiger charge is -2.21. The number of aromatic amines is 1. The van der Waals surface area contributed by atoms with Crippen LogP contribution in [-0.4, -0.2) is 60.9 Å². The van der Waals surface area contributed by atoms with Gasteiger partial charge in [0, 0.05) is 30.9 Å². The number of nitrogen functional groups attached to an aromatic ring is 1. The van der Waals surface area contributed by atoms with E-state index in [0.717, 1.165) is 0 Å². The average molecular weight is 451 g/mol. The van der Waals surface area contributed by atoms with Gasteiger partial charge in [0.25, 0.3) is 0 Å². The monoisotopic (exact) mass is 450 g/mol. The third-order valence-corrected chi connectivity index (χ3v) is 6.44. The highest BCUT2D eigenvalue weighted by Gasteiger charge is 2.34. The van der Waals surface area contributed by atoms with Gasteiger partial charge in [0.15, 0.2) is 0 Å². The lowest BCUT2D eigenvalue weighted by Crippen LogP contribution is -2.46. The molecule has 0 aliphatic carbocycles. The van der Waals surface area contributed by atoms with E-state index in [0.29, 0.717) is 29.1 Å². The standard InChI is InChI=1S/C16H22N10O2S2/c1-20-8-10(6-17)24-30(28)12-4-3-11(9-2-5-13(18)21-7-9)14(15(12)29(19)27)16-22-25-26-23-16/h2-5,7,10,20,24H,6,8,17,19H2,1H3,(H2,18,21)(H,22,23,25,26). The molecule has 14 heteroatoms. The lowest BCUT2D eigenvalue weighted by atomic mass is 10.0. The number of hydrogen-bond acceptors (Lipinski definition) is 11. The summed E-state index contributed by atoms with van der Waals surface area (Å²) in [4.78, 5) is 4.45. The van der Waals surface area contributed by atoms with E-state index in [-0.39, 0.29) is 28.2 Å². The van der Waals surface area contributed by atoms with Gasteiger partial charge in [-0.1, -0.05) is 0 Å². The zero-order valence-electron chi connectivity index (χ0n) is 16.0. The summed E-state index contributed by atoms with van der Waals surface area (Å²) in [5, 5.41) is 22.7. The molecule has 0 aliphatic heterocycles. The van der Waals surface area contributed by atoms with Crippen molar-refractivity contribution in [3.05, 3.63) is 30.5 Å². The molecule has 30 heavy (non-hydrogen) atoms. The Labute approximate surface area is 179 Å². The van der Waals surface area contributed by atoms with Crippen LogP contribution in [0.5, 0.6) is 0 Å². The average Bonchev–Trinajstić information content (AvgIpc) is 3.27. The van der Waals surface area contributed by atoms with E-state index >= 15 is 0 Å². The fraction of sp³-hybridized carbons (Fsp3) is 0.250. The fourth-order valence-corrected chi connectivity index (χ4v) is 5.05. The predicted octanol–water partition coefficient (Wildman–Crippen LogP) is -1.35. The van der Waals surface area contributed by atoms with E-state index in [1.807, 2.05) is 0 Å². The maximum atomic E-state index is 13.1. The number of nitrogens with one attached hydrogen (secondary N) is 3. The summed E-state index contributed by atoms with van der Waals surface area (Å²) in [5.74, 6) is 0.502. The Balaban J connectivity index is 2.16. The highest BCUT2D eigenvalue weighted by Crippen LogP contribution is 2.38. The Morgan fingerprint density at radius 2 is 2.03 bits per heavy atom. The quantitative estimate of drug-likeness (QED) is 0.209. The molecule has 0 spiro atoms. The first-order valence-corrected chi connectivity index (χ1v) is 11.1. The van der Waals surface area contributed by atoms with Crippen molar-refractivity contribution in [1.82, 2.24) is 35.6 Å². The van der Waals surface area contributed by atoms with Gasteiger partial charge < -0.3 is 25.9 Å². The number of aromatic nitrogens is 5. The molecule has 0 bridgehead atoms. The van der Waals surface area contributed by atoms with Crippen molar-refractivity contribution in [2.45, 2.75) is 15.8 Å². The van der Waals surface area contributed by atoms with Crippen molar-refractivity contribution in [1.29, 1.82) is 0 Å². The molecule has 0 amide bonds. The number of hydrogen-bond donors (Lipinski definition) is 6. The van der Waals surface area contributed by atoms with Gasteiger partial charge in [-0.25, -0.2) is 4.98 Å². The van der Waals surface area contributed by atoms with Crippen LogP contribution in [-0.2, 0) is 22.7 Å². The van der Waals surface area contributed by atoms with Crippen molar-refractivity contribution in [2.75, 3.05) is 25.9 Å². The minimum Gasteiger partial charge on any atom is -0.593 e. The lowest BCUT2D eigenvalue weighted by molar-refractivity contribution is 0.533. The third-order valence-electron chi connectivity index (χ3n) is 4.20. The first-order valence-electron chi connectivity index (χ1n) is 8.77. The van der Waals surface area contributed by atoms with Crippen LogP contribution in [0, 0.1) is 0 Å². The molecule has 2 heterocycles. The van der Waals surface area contributed by atoms with E-state index in [1.54, 1.807) is 37.5 Å². The molecule has 0 saturated heterocycles. The molecular formula is C16H22N10O2S2. The first-order chi connectivity index (χ1) is 14.5. The summed E-state index contributed by atoms with van der Waals surface area (Å²) >= 11 is -3.76. The minimum atomic E-state index is -2.01. The maximum absolute atomic E-state index is 13.1. The van der Waals surface area contributed by atoms with E-state index in [4.69, 9.17) is 16.6 Å². The Morgan fingerprint density at radius 1 is 1.23 bits per heavy atom. The number of H-pyrrole nitrogens is 1. The topological polar surface area (TPSA) is 216 Å². The van der Waals surface area contributed by atoms with Gasteiger partial charge in [-0.3, -0.25) is 0 Å². The Hall–Kier alpha value is -2.30. The molecule has 0 radical (unpaired) electrons. The second kappa shape index (κ2) is 10.1. The zero-order valence-corrected chi connectivity index (χ0v) is 17.7. The van der Waals surface area contributed by atoms with Gasteiger partial charge >= 0.3 is 0 Å². The molecule has 3 rings (SSSR count). The molecule has 3 atom stereocenters. The largest absolute Gasteiger partial charge is 0.593 e. The number of rotatable bonds is 9. The van der Waals surface area contributed by atoms with Crippen molar-refractivity contribution in [2.24, 2.45) is 10.9 Å². The zero-order chi connectivity index (χ0) is 21.7. The van der Waals surface area contributed by atoms with Gasteiger partial charge in [-0.05, 0) is 36.0 Å². The molecule has 3 unspecified atom stereocenters. The molecule has 9 N–H and O–H groups in total. The second-order valence-corrected chi connectivity index (χ2v) is 8.41. The number of pyridine rings is 1. The molecular weight excluding hydrogens is 428 g/mol. The number of nitrogens with two attached hydrogens (primary N) is 3. The summed E-state index contributed by atoms with van der Waals surface area (Å²) in [7, 11) is 1.76. The van der Waals surface area contributed by atoms with Crippen LogP contribution < -0.4 is 26.6 Å². The van der Waals surface area contributed by atoms with E-state index in [1.165, 1.54) is 0 Å². The van der Waals surface area contributed by atoms with Crippen LogP contribution >= 0.6 is 0 Å². The fourth-order valence-electron chi connectivity index (χ4n) is 2.84. The number of tetrazole rings is 1. The van der Waals surface area contributed by atoms with Crippen LogP contribution in [0.1, 0.15) is 0 Å². The minimum absolute atomic E-state index is 0.122. The number of anilines is 1. The Morgan fingerprint density at radius 3 is 2.60 bits per heavy atom. The number of nitrogens with zero attached hydrogens (tertiary/aromatic N) is 4. The molecule has 0 fully saturated rings. The molecule has 2 aromatic heterocycles. The van der Waals surface area contributed by atoms with Crippen molar-refractivity contribution < 1.29 is 9.11 Å². The predicted molar refractivity (Wildman–Crippen MR) is 114 cm³/mol. The van der Waals surface area contributed by atoms with Gasteiger partial charge in [0.2, 0.25) is 15.6 Å². The summed E-state index contributed by atoms with van der Waals surface area (Å²) in [6, 6.07) is 6.40. The van der Waals surface area contributed by atoms with Gasteiger partial charge in [-0.15, -0.1) is 20.1 Å². The third kappa shape index (κ3) is 4.88. The molecule has 0 aliphatic rings. The molecule has 160 valence electrons. The van der Waals surface area contributed by atoms with Crippen molar-refractivity contribution in [3.8, 4) is 22.5 Å². The highest BCUT2D eigenvalue weighted by molar-refractivity contribution is 7.92. The Kier molecular flexibility index (Phi) is 7.57. The van der Waals surface area contributed by atoms with Crippen LogP contribution in [0.3, 0.4) is 0 Å². The summed E-state index contributed by atoms with van der Waals surface area (Å²) < 4.78 is 28.6. The van der Waals surface area contributed by atoms with Crippen LogP contribution in [0.15, 0.2) is 40.3 Å². The normalized spacial score (nSPS) is 14.4. The number of likely N-dealkylation sites (N-methyl/N-ethyl adjacent to an activating group) is 1. The summed E-state index contributed by atoms with van der Waals surface area (Å²) in [5.41, 5.74) is 13.0. The van der Waals surface area contributed by atoms with E-state index in [2.05, 4.69) is 35.6 Å². The van der Waals surface area contributed by atoms with Crippen molar-refractivity contribution >= 4 is 28.5 Å². The number of benzene rings is 1. The summed E-state index contributed by atoms with van der Waals surface area (Å²) in [6.45, 7) is 0.747. The van der Waals surface area contributed by atoms with Crippen LogP contribution in [0.25, 0.3) is 22.5 Å². The van der Waals surface area contributed by atoms with Gasteiger partial charge in [0.1, 0.15) is 5.82 Å². The van der Waals surface area contributed by atoms with Crippen LogP contribution in [0.4, 0.5) is 5.82 Å². The van der Waals surface area contributed by atoms with Crippen molar-refractivity contribution in [3.63, 3.8) is 0 Å². The maximum Gasteiger partial charge on any atom is 0.242 e. The van der Waals surface area contributed by atoms with E-state index < -0.39 is 22.7 Å². The molecule has 12 nitrogen and oxygen atoms in total. The molecule has 3 aromatic rings. The van der Waals surface area contributed by atoms with E-state index in [9.17, 15) is 9.11 Å². The molecule has 0 saturated carbocycles. The van der Waals surface area contributed by atoms with Gasteiger partial charge in [-0.2, -0.15) is 5.21 Å². The molecule has 1 aromatic carbocycles. The van der Waals surface area contributed by atoms with Crippen LogP contribution in [0.2, 0.25) is 0 Å². The second-order valence-electron chi connectivity index (χ2n) is 6.20. The first kappa shape index (κ1) is 22.4. The van der Waals surface area contributed by atoms with Gasteiger partial charge in [0.05, 0.1) is 34.3 Å². The highest BCUT2D eigenvalue weighted by atomic mass is 32.2. The smallest absolute Gasteiger partial charge is 0.242 e. The Bertz CT molecular complexity index is 955. The SMILES string of the molecule is CNCC(CN)N[S+]([O-])c1ccc(-c2ccc(N)nc2)c(-c2nn[nH]n2)c1[S+](N)[O-].